The Balaban J connectivity index is 5.03. The largest absolute Gasteiger partial charge is 0.510 e. The van der Waals surface area contributed by atoms with Crippen LogP contribution in [0.15, 0.2) is 0 Å². The summed E-state index contributed by atoms with van der Waals surface area (Å²) >= 11 is 5.23. The Morgan fingerprint density at radius 3 is 1.53 bits per heavy atom. The van der Waals surface area contributed by atoms with Gasteiger partial charge in [0.05, 0.1) is 12.7 Å². The maximum Gasteiger partial charge on any atom is 0.510 e. The summed E-state index contributed by atoms with van der Waals surface area (Å²) in [6.07, 6.45) is 0.0655. The molecule has 0 aromatic heterocycles. The summed E-state index contributed by atoms with van der Waals surface area (Å²) in [7, 11) is -2.85. The van der Waals surface area contributed by atoms with E-state index in [1.54, 1.807) is 0 Å². The van der Waals surface area contributed by atoms with Gasteiger partial charge in [0.15, 0.2) is 5.05 Å². The summed E-state index contributed by atoms with van der Waals surface area (Å²) in [4.78, 5) is 0. The van der Waals surface area contributed by atoms with E-state index in [9.17, 15) is 0 Å². The van der Waals surface area contributed by atoms with Gasteiger partial charge < -0.3 is 18.0 Å². The molecular formula is C13H28O4SSi. The SMILES string of the molecule is CCOC(=S)C[Si](OC(C)C)(OC(C)C)OC(C)C. The maximum atomic E-state index is 6.00. The summed E-state index contributed by atoms with van der Waals surface area (Å²) in [5, 5.41) is 0.496. The van der Waals surface area contributed by atoms with Crippen molar-refractivity contribution in [2.45, 2.75) is 72.8 Å². The van der Waals surface area contributed by atoms with Crippen LogP contribution in [0.5, 0.6) is 0 Å². The van der Waals surface area contributed by atoms with Crippen LogP contribution in [-0.4, -0.2) is 38.8 Å². The van der Waals surface area contributed by atoms with Crippen LogP contribution in [-0.2, 0) is 18.0 Å². The lowest BCUT2D eigenvalue weighted by Gasteiger charge is -2.34. The van der Waals surface area contributed by atoms with Crippen molar-refractivity contribution in [1.82, 2.24) is 0 Å². The van der Waals surface area contributed by atoms with E-state index in [1.807, 2.05) is 48.5 Å². The van der Waals surface area contributed by atoms with Gasteiger partial charge in [-0.05, 0) is 60.7 Å². The van der Waals surface area contributed by atoms with Gasteiger partial charge in [0.2, 0.25) is 0 Å². The van der Waals surface area contributed by atoms with Gasteiger partial charge in [-0.25, -0.2) is 0 Å². The molecule has 0 rings (SSSR count). The Bertz CT molecular complexity index is 243. The lowest BCUT2D eigenvalue weighted by atomic mass is 10.5. The van der Waals surface area contributed by atoms with E-state index < -0.39 is 8.80 Å². The lowest BCUT2D eigenvalue weighted by molar-refractivity contribution is 0.00567. The zero-order valence-corrected chi connectivity index (χ0v) is 15.0. The van der Waals surface area contributed by atoms with Gasteiger partial charge >= 0.3 is 8.80 Å². The van der Waals surface area contributed by atoms with Gasteiger partial charge in [-0.2, -0.15) is 0 Å². The average Bonchev–Trinajstić information content (AvgIpc) is 2.12. The van der Waals surface area contributed by atoms with E-state index in [4.69, 9.17) is 30.2 Å². The highest BCUT2D eigenvalue weighted by atomic mass is 32.1. The third-order valence-electron chi connectivity index (χ3n) is 1.91. The molecule has 114 valence electrons. The number of ether oxygens (including phenoxy) is 1. The van der Waals surface area contributed by atoms with Crippen LogP contribution in [0.4, 0.5) is 0 Å². The standard InChI is InChI=1S/C13H28O4SSi/c1-8-14-13(18)9-19(15-10(2)3,16-11(4)5)17-12(6)7/h10-12H,8-9H2,1-7H3. The molecule has 0 bridgehead atoms. The molecule has 0 aromatic carbocycles. The molecule has 0 spiro atoms. The van der Waals surface area contributed by atoms with Crippen LogP contribution in [0, 0.1) is 0 Å². The lowest BCUT2D eigenvalue weighted by Crippen LogP contribution is -2.52. The molecule has 0 fully saturated rings. The van der Waals surface area contributed by atoms with E-state index in [-0.39, 0.29) is 18.3 Å². The molecule has 0 unspecified atom stereocenters. The Morgan fingerprint density at radius 1 is 0.895 bits per heavy atom. The van der Waals surface area contributed by atoms with Crippen molar-refractivity contribution in [3.05, 3.63) is 0 Å². The zero-order valence-electron chi connectivity index (χ0n) is 13.2. The molecule has 0 saturated carbocycles. The van der Waals surface area contributed by atoms with Gasteiger partial charge in [0.1, 0.15) is 0 Å². The van der Waals surface area contributed by atoms with Crippen LogP contribution < -0.4 is 0 Å². The minimum Gasteiger partial charge on any atom is -0.487 e. The molecule has 6 heteroatoms. The minimum absolute atomic E-state index is 0.0218. The van der Waals surface area contributed by atoms with Gasteiger partial charge in [0.25, 0.3) is 0 Å². The Morgan fingerprint density at radius 2 is 1.26 bits per heavy atom. The Kier molecular flexibility index (Phi) is 9.01. The van der Waals surface area contributed by atoms with Crippen LogP contribution in [0.25, 0.3) is 0 Å². The first-order chi connectivity index (χ1) is 8.70. The molecule has 0 aliphatic carbocycles. The third kappa shape index (κ3) is 8.70. The number of hydrogen-bond acceptors (Lipinski definition) is 5. The van der Waals surface area contributed by atoms with Gasteiger partial charge in [0, 0.05) is 18.3 Å². The minimum atomic E-state index is -2.85. The molecular weight excluding hydrogens is 280 g/mol. The Labute approximate surface area is 124 Å². The molecule has 0 aliphatic heterocycles. The van der Waals surface area contributed by atoms with Crippen molar-refractivity contribution in [3.63, 3.8) is 0 Å². The maximum absolute atomic E-state index is 6.00. The van der Waals surface area contributed by atoms with Crippen LogP contribution >= 0.6 is 12.2 Å². The first kappa shape index (κ1) is 19.0. The molecule has 0 N–H and O–H groups in total. The second-order valence-electron chi connectivity index (χ2n) is 5.16. The topological polar surface area (TPSA) is 36.9 Å². The third-order valence-corrected chi connectivity index (χ3v) is 5.68. The smallest absolute Gasteiger partial charge is 0.487 e. The Hall–Kier alpha value is -0.0131. The molecule has 0 radical (unpaired) electrons. The monoisotopic (exact) mass is 308 g/mol. The van der Waals surface area contributed by atoms with Gasteiger partial charge in [-0.3, -0.25) is 0 Å². The molecule has 0 saturated heterocycles. The first-order valence-corrected chi connectivity index (χ1v) is 9.23. The predicted molar refractivity (Wildman–Crippen MR) is 83.4 cm³/mol. The van der Waals surface area contributed by atoms with Crippen molar-refractivity contribution < 1.29 is 18.0 Å². The van der Waals surface area contributed by atoms with Crippen LogP contribution in [0.2, 0.25) is 6.04 Å². The predicted octanol–water partition coefficient (Wildman–Crippen LogP) is 3.56. The summed E-state index contributed by atoms with van der Waals surface area (Å²) in [5.41, 5.74) is 0. The highest BCUT2D eigenvalue weighted by Gasteiger charge is 2.45. The quantitative estimate of drug-likeness (QED) is 0.481. The van der Waals surface area contributed by atoms with Crippen LogP contribution in [0.3, 0.4) is 0 Å². The summed E-state index contributed by atoms with van der Waals surface area (Å²) < 4.78 is 23.4. The van der Waals surface area contributed by atoms with E-state index in [0.717, 1.165) is 0 Å². The highest BCUT2D eigenvalue weighted by Crippen LogP contribution is 2.23. The fourth-order valence-electron chi connectivity index (χ4n) is 1.67. The second kappa shape index (κ2) is 9.02. The normalized spacial score (nSPS) is 12.5. The molecule has 0 heterocycles. The summed E-state index contributed by atoms with van der Waals surface area (Å²) in [5.74, 6) is 0. The number of hydrogen-bond donors (Lipinski definition) is 0. The molecule has 0 aliphatic rings. The molecule has 19 heavy (non-hydrogen) atoms. The van der Waals surface area contributed by atoms with Crippen molar-refractivity contribution in [2.24, 2.45) is 0 Å². The molecule has 4 nitrogen and oxygen atoms in total. The van der Waals surface area contributed by atoms with Gasteiger partial charge in [-0.1, -0.05) is 0 Å². The van der Waals surface area contributed by atoms with E-state index in [2.05, 4.69) is 0 Å². The van der Waals surface area contributed by atoms with Gasteiger partial charge in [-0.15, -0.1) is 0 Å². The number of thiocarbonyl (C=S) groups is 1. The average molecular weight is 309 g/mol. The fraction of sp³-hybridized carbons (Fsp3) is 0.923. The van der Waals surface area contributed by atoms with Crippen molar-refractivity contribution in [2.75, 3.05) is 6.61 Å². The van der Waals surface area contributed by atoms with Crippen molar-refractivity contribution in [1.29, 1.82) is 0 Å². The summed E-state index contributed by atoms with van der Waals surface area (Å²) in [6, 6.07) is 0.421. The second-order valence-corrected chi connectivity index (χ2v) is 8.05. The molecule has 0 atom stereocenters. The van der Waals surface area contributed by atoms with Crippen LogP contribution in [0.1, 0.15) is 48.5 Å². The highest BCUT2D eigenvalue weighted by molar-refractivity contribution is 7.80. The molecule has 0 amide bonds. The summed E-state index contributed by atoms with van der Waals surface area (Å²) in [6.45, 7) is 14.3. The first-order valence-electron chi connectivity index (χ1n) is 6.89. The van der Waals surface area contributed by atoms with E-state index >= 15 is 0 Å². The molecule has 0 aromatic rings. The van der Waals surface area contributed by atoms with Crippen molar-refractivity contribution >= 4 is 26.1 Å². The fourth-order valence-corrected chi connectivity index (χ4v) is 5.35. The van der Waals surface area contributed by atoms with E-state index in [1.165, 1.54) is 0 Å². The number of rotatable bonds is 9. The van der Waals surface area contributed by atoms with Crippen molar-refractivity contribution in [3.8, 4) is 0 Å². The van der Waals surface area contributed by atoms with E-state index in [0.29, 0.717) is 17.7 Å². The zero-order chi connectivity index (χ0) is 15.1.